The minimum absolute atomic E-state index is 0.182. The molecule has 1 saturated heterocycles. The van der Waals surface area contributed by atoms with Crippen LogP contribution in [0, 0.1) is 6.92 Å². The first-order chi connectivity index (χ1) is 8.61. The maximum Gasteiger partial charge on any atom is 0.337 e. The predicted octanol–water partition coefficient (Wildman–Crippen LogP) is 2.20. The van der Waals surface area contributed by atoms with Gasteiger partial charge in [-0.1, -0.05) is 6.07 Å². The summed E-state index contributed by atoms with van der Waals surface area (Å²) in [4.78, 5) is 22.8. The third kappa shape index (κ3) is 2.59. The average molecular weight is 248 g/mol. The average Bonchev–Trinajstić information content (AvgIpc) is 2.37. The van der Waals surface area contributed by atoms with Crippen molar-refractivity contribution < 1.29 is 19.1 Å². The Morgan fingerprint density at radius 2 is 2.22 bits per heavy atom. The van der Waals surface area contributed by atoms with E-state index in [1.165, 1.54) is 7.11 Å². The van der Waals surface area contributed by atoms with Crippen LogP contribution in [0.25, 0.3) is 0 Å². The molecule has 0 N–H and O–H groups in total. The Labute approximate surface area is 106 Å². The molecule has 1 fully saturated rings. The van der Waals surface area contributed by atoms with Crippen LogP contribution in [0.5, 0.6) is 0 Å². The van der Waals surface area contributed by atoms with Gasteiger partial charge in [-0.3, -0.25) is 4.79 Å². The maximum absolute atomic E-state index is 11.4. The zero-order chi connectivity index (χ0) is 13.1. The molecule has 0 saturated carbocycles. The Bertz CT molecular complexity index is 479. The lowest BCUT2D eigenvalue weighted by atomic mass is 9.95. The van der Waals surface area contributed by atoms with E-state index in [4.69, 9.17) is 4.74 Å². The molecule has 1 aromatic rings. The third-order valence-corrected chi connectivity index (χ3v) is 3.15. The topological polar surface area (TPSA) is 52.6 Å². The summed E-state index contributed by atoms with van der Waals surface area (Å²) in [5.74, 6) is -0.131. The van der Waals surface area contributed by atoms with Crippen molar-refractivity contribution in [1.29, 1.82) is 0 Å². The number of esters is 1. The van der Waals surface area contributed by atoms with Crippen molar-refractivity contribution in [3.8, 4) is 0 Å². The first-order valence-electron chi connectivity index (χ1n) is 5.94. The molecule has 0 unspecified atom stereocenters. The fraction of sp³-hybridized carbons (Fsp3) is 0.429. The summed E-state index contributed by atoms with van der Waals surface area (Å²) in [7, 11) is 1.36. The van der Waals surface area contributed by atoms with E-state index in [-0.39, 0.29) is 17.9 Å². The molecule has 0 amide bonds. The summed E-state index contributed by atoms with van der Waals surface area (Å²) in [6.45, 7) is 2.38. The second-order valence-electron chi connectivity index (χ2n) is 4.42. The lowest BCUT2D eigenvalue weighted by Gasteiger charge is -2.23. The van der Waals surface area contributed by atoms with Crippen LogP contribution in [0.2, 0.25) is 0 Å². The lowest BCUT2D eigenvalue weighted by Crippen LogP contribution is -2.20. The summed E-state index contributed by atoms with van der Waals surface area (Å²) in [6.07, 6.45) is 0.728. The van der Waals surface area contributed by atoms with Crippen molar-refractivity contribution in [2.75, 3.05) is 13.7 Å². The molecule has 0 spiro atoms. The lowest BCUT2D eigenvalue weighted by molar-refractivity contribution is -0.128. The zero-order valence-corrected chi connectivity index (χ0v) is 10.6. The van der Waals surface area contributed by atoms with Gasteiger partial charge in [0.05, 0.1) is 25.4 Å². The highest BCUT2D eigenvalue weighted by atomic mass is 16.5. The van der Waals surface area contributed by atoms with Gasteiger partial charge in [0.2, 0.25) is 0 Å². The molecule has 1 aliphatic rings. The fourth-order valence-corrected chi connectivity index (χ4v) is 2.16. The van der Waals surface area contributed by atoms with E-state index in [1.807, 2.05) is 13.0 Å². The number of ether oxygens (including phenoxy) is 2. The number of hydrogen-bond donors (Lipinski definition) is 0. The van der Waals surface area contributed by atoms with E-state index in [0.717, 1.165) is 11.1 Å². The quantitative estimate of drug-likeness (QED) is 0.753. The Kier molecular flexibility index (Phi) is 3.77. The standard InChI is InChI=1S/C14H16O4/c1-9-7-10(14(16)17-2)3-4-12(9)13-8-11(15)5-6-18-13/h3-4,7,13H,5-6,8H2,1-2H3/t13-/m0/s1. The van der Waals surface area contributed by atoms with Crippen LogP contribution in [0.4, 0.5) is 0 Å². The van der Waals surface area contributed by atoms with Crippen molar-refractivity contribution in [3.05, 3.63) is 34.9 Å². The van der Waals surface area contributed by atoms with Crippen molar-refractivity contribution >= 4 is 11.8 Å². The predicted molar refractivity (Wildman–Crippen MR) is 65.5 cm³/mol. The van der Waals surface area contributed by atoms with Gasteiger partial charge in [-0.2, -0.15) is 0 Å². The van der Waals surface area contributed by atoms with Crippen LogP contribution in [-0.4, -0.2) is 25.5 Å². The van der Waals surface area contributed by atoms with Crippen LogP contribution in [0.15, 0.2) is 18.2 Å². The summed E-state index contributed by atoms with van der Waals surface area (Å²) in [5, 5.41) is 0. The van der Waals surface area contributed by atoms with Crippen molar-refractivity contribution in [2.24, 2.45) is 0 Å². The zero-order valence-electron chi connectivity index (χ0n) is 10.6. The molecule has 4 nitrogen and oxygen atoms in total. The summed E-state index contributed by atoms with van der Waals surface area (Å²) in [6, 6.07) is 5.31. The van der Waals surface area contributed by atoms with E-state index < -0.39 is 0 Å². The molecule has 4 heteroatoms. The summed E-state index contributed by atoms with van der Waals surface area (Å²) < 4.78 is 10.3. The molecule has 0 radical (unpaired) electrons. The van der Waals surface area contributed by atoms with Crippen molar-refractivity contribution in [2.45, 2.75) is 25.9 Å². The number of ketones is 1. The van der Waals surface area contributed by atoms with Gasteiger partial charge < -0.3 is 9.47 Å². The van der Waals surface area contributed by atoms with Gasteiger partial charge in [0.25, 0.3) is 0 Å². The molecule has 1 heterocycles. The summed E-state index contributed by atoms with van der Waals surface area (Å²) >= 11 is 0. The number of carbonyl (C=O) groups excluding carboxylic acids is 2. The highest BCUT2D eigenvalue weighted by Crippen LogP contribution is 2.29. The molecule has 18 heavy (non-hydrogen) atoms. The fourth-order valence-electron chi connectivity index (χ4n) is 2.16. The molecule has 0 aromatic heterocycles. The Balaban J connectivity index is 2.24. The molecule has 1 aromatic carbocycles. The molecular weight excluding hydrogens is 232 g/mol. The highest BCUT2D eigenvalue weighted by Gasteiger charge is 2.23. The summed E-state index contributed by atoms with van der Waals surface area (Å²) in [5.41, 5.74) is 2.43. The number of Topliss-reactive ketones (excluding diaryl/α,β-unsaturated/α-hetero) is 1. The highest BCUT2D eigenvalue weighted by molar-refractivity contribution is 5.89. The SMILES string of the molecule is COC(=O)c1ccc([C@@H]2CC(=O)CCO2)c(C)c1. The minimum Gasteiger partial charge on any atom is -0.465 e. The molecule has 96 valence electrons. The molecule has 2 rings (SSSR count). The Morgan fingerprint density at radius 3 is 2.83 bits per heavy atom. The second kappa shape index (κ2) is 5.31. The Morgan fingerprint density at radius 1 is 1.44 bits per heavy atom. The van der Waals surface area contributed by atoms with E-state index in [1.54, 1.807) is 12.1 Å². The maximum atomic E-state index is 11.4. The monoisotopic (exact) mass is 248 g/mol. The molecule has 0 bridgehead atoms. The van der Waals surface area contributed by atoms with Gasteiger partial charge in [0.1, 0.15) is 5.78 Å². The first-order valence-corrected chi connectivity index (χ1v) is 5.94. The van der Waals surface area contributed by atoms with Crippen molar-refractivity contribution in [3.63, 3.8) is 0 Å². The molecule has 1 aliphatic heterocycles. The number of methoxy groups -OCH3 is 1. The normalized spacial score (nSPS) is 19.7. The van der Waals surface area contributed by atoms with E-state index >= 15 is 0 Å². The smallest absolute Gasteiger partial charge is 0.337 e. The number of benzene rings is 1. The van der Waals surface area contributed by atoms with Crippen LogP contribution in [0.3, 0.4) is 0 Å². The van der Waals surface area contributed by atoms with Crippen molar-refractivity contribution in [1.82, 2.24) is 0 Å². The minimum atomic E-state index is -0.356. The van der Waals surface area contributed by atoms with Gasteiger partial charge in [-0.15, -0.1) is 0 Å². The third-order valence-electron chi connectivity index (χ3n) is 3.15. The molecule has 0 aliphatic carbocycles. The number of hydrogen-bond acceptors (Lipinski definition) is 4. The van der Waals surface area contributed by atoms with Gasteiger partial charge >= 0.3 is 5.97 Å². The Hall–Kier alpha value is -1.68. The van der Waals surface area contributed by atoms with Crippen LogP contribution in [0.1, 0.15) is 40.4 Å². The van der Waals surface area contributed by atoms with E-state index in [0.29, 0.717) is 25.0 Å². The largest absolute Gasteiger partial charge is 0.465 e. The molecular formula is C14H16O4. The van der Waals surface area contributed by atoms with Gasteiger partial charge in [-0.25, -0.2) is 4.79 Å². The van der Waals surface area contributed by atoms with Crippen LogP contribution < -0.4 is 0 Å². The second-order valence-corrected chi connectivity index (χ2v) is 4.42. The van der Waals surface area contributed by atoms with Crippen LogP contribution >= 0.6 is 0 Å². The van der Waals surface area contributed by atoms with Gasteiger partial charge in [-0.05, 0) is 30.2 Å². The molecule has 1 atom stereocenters. The van der Waals surface area contributed by atoms with Gasteiger partial charge in [0.15, 0.2) is 0 Å². The van der Waals surface area contributed by atoms with Crippen LogP contribution in [-0.2, 0) is 14.3 Å². The van der Waals surface area contributed by atoms with E-state index in [2.05, 4.69) is 4.74 Å². The number of carbonyl (C=O) groups is 2. The first kappa shape index (κ1) is 12.8. The van der Waals surface area contributed by atoms with E-state index in [9.17, 15) is 9.59 Å². The van der Waals surface area contributed by atoms with Gasteiger partial charge in [0, 0.05) is 12.8 Å². The number of rotatable bonds is 2. The number of aryl methyl sites for hydroxylation is 1.